The Morgan fingerprint density at radius 2 is 2.33 bits per heavy atom. The fourth-order valence-electron chi connectivity index (χ4n) is 2.05. The minimum absolute atomic E-state index is 0.437. The van der Waals surface area contributed by atoms with E-state index >= 15 is 0 Å². The normalized spacial score (nSPS) is 19.4. The van der Waals surface area contributed by atoms with Crippen LogP contribution in [-0.4, -0.2) is 50.0 Å². The molecular formula is C12H18ClN3O2. The number of rotatable bonds is 6. The molecule has 18 heavy (non-hydrogen) atoms. The Morgan fingerprint density at radius 3 is 3.11 bits per heavy atom. The molecule has 1 saturated heterocycles. The third-order valence-corrected chi connectivity index (χ3v) is 3.17. The summed E-state index contributed by atoms with van der Waals surface area (Å²) >= 11 is 5.84. The van der Waals surface area contributed by atoms with Gasteiger partial charge >= 0.3 is 0 Å². The minimum atomic E-state index is 0.437. The Labute approximate surface area is 112 Å². The molecule has 6 heteroatoms. The molecule has 0 N–H and O–H groups in total. The first-order valence-electron chi connectivity index (χ1n) is 6.09. The highest BCUT2D eigenvalue weighted by atomic mass is 35.5. The molecule has 0 aromatic carbocycles. The summed E-state index contributed by atoms with van der Waals surface area (Å²) in [6.45, 7) is 4.00. The molecule has 0 saturated carbocycles. The molecule has 1 fully saturated rings. The number of ether oxygens (including phenoxy) is 2. The van der Waals surface area contributed by atoms with Crippen LogP contribution in [0.1, 0.15) is 6.42 Å². The molecule has 2 heterocycles. The zero-order chi connectivity index (χ0) is 12.8. The average molecular weight is 272 g/mol. The monoisotopic (exact) mass is 271 g/mol. The Bertz CT molecular complexity index is 378. The van der Waals surface area contributed by atoms with Gasteiger partial charge in [0.05, 0.1) is 32.2 Å². The van der Waals surface area contributed by atoms with Crippen molar-refractivity contribution in [1.82, 2.24) is 9.97 Å². The highest BCUT2D eigenvalue weighted by molar-refractivity contribution is 6.29. The van der Waals surface area contributed by atoms with E-state index in [0.29, 0.717) is 24.3 Å². The number of halogens is 1. The van der Waals surface area contributed by atoms with Gasteiger partial charge in [-0.1, -0.05) is 11.6 Å². The number of methoxy groups -OCH3 is 1. The predicted octanol–water partition coefficient (Wildman–Crippen LogP) is 1.62. The molecule has 0 spiro atoms. The second kappa shape index (κ2) is 6.87. The highest BCUT2D eigenvalue weighted by Gasteiger charge is 2.23. The van der Waals surface area contributed by atoms with Crippen LogP contribution in [0.15, 0.2) is 12.4 Å². The van der Waals surface area contributed by atoms with Crippen LogP contribution >= 0.6 is 11.6 Å². The standard InChI is InChI=1S/C12H18ClN3O2/c1-17-4-5-18-9-10-2-3-16(8-10)12-7-14-6-11(13)15-12/h6-7,10H,2-5,8-9H2,1H3. The third-order valence-electron chi connectivity index (χ3n) is 2.99. The summed E-state index contributed by atoms with van der Waals surface area (Å²) in [4.78, 5) is 10.5. The van der Waals surface area contributed by atoms with Gasteiger partial charge in [0.1, 0.15) is 11.0 Å². The lowest BCUT2D eigenvalue weighted by Gasteiger charge is -2.17. The van der Waals surface area contributed by atoms with E-state index in [4.69, 9.17) is 21.1 Å². The van der Waals surface area contributed by atoms with Crippen LogP contribution in [0.3, 0.4) is 0 Å². The summed E-state index contributed by atoms with van der Waals surface area (Å²) in [5.41, 5.74) is 0. The molecule has 1 aromatic heterocycles. The van der Waals surface area contributed by atoms with Gasteiger partial charge in [-0.25, -0.2) is 4.98 Å². The molecule has 0 radical (unpaired) electrons. The smallest absolute Gasteiger partial charge is 0.149 e. The second-order valence-corrected chi connectivity index (χ2v) is 4.76. The molecule has 100 valence electrons. The molecule has 0 bridgehead atoms. The lowest BCUT2D eigenvalue weighted by Crippen LogP contribution is -2.22. The highest BCUT2D eigenvalue weighted by Crippen LogP contribution is 2.22. The van der Waals surface area contributed by atoms with Crippen molar-refractivity contribution in [3.63, 3.8) is 0 Å². The van der Waals surface area contributed by atoms with Gasteiger partial charge in [0, 0.05) is 26.1 Å². The molecule has 1 aromatic rings. The molecular weight excluding hydrogens is 254 g/mol. The van der Waals surface area contributed by atoms with Gasteiger partial charge in [-0.3, -0.25) is 4.98 Å². The topological polar surface area (TPSA) is 47.5 Å². The zero-order valence-corrected chi connectivity index (χ0v) is 11.3. The van der Waals surface area contributed by atoms with E-state index < -0.39 is 0 Å². The van der Waals surface area contributed by atoms with Crippen LogP contribution in [-0.2, 0) is 9.47 Å². The number of anilines is 1. The summed E-state index contributed by atoms with van der Waals surface area (Å²) < 4.78 is 10.5. The maximum absolute atomic E-state index is 5.84. The lowest BCUT2D eigenvalue weighted by atomic mass is 10.1. The average Bonchev–Trinajstić information content (AvgIpc) is 2.83. The van der Waals surface area contributed by atoms with Crippen molar-refractivity contribution in [2.24, 2.45) is 5.92 Å². The van der Waals surface area contributed by atoms with E-state index in [1.54, 1.807) is 19.5 Å². The third kappa shape index (κ3) is 3.80. The zero-order valence-electron chi connectivity index (χ0n) is 10.5. The fraction of sp³-hybridized carbons (Fsp3) is 0.667. The van der Waals surface area contributed by atoms with Crippen LogP contribution < -0.4 is 4.90 Å². The van der Waals surface area contributed by atoms with E-state index in [2.05, 4.69) is 14.9 Å². The SMILES string of the molecule is COCCOCC1CCN(c2cncc(Cl)n2)C1. The van der Waals surface area contributed by atoms with Gasteiger partial charge in [0.2, 0.25) is 0 Å². The first-order chi connectivity index (χ1) is 8.79. The van der Waals surface area contributed by atoms with Crippen molar-refractivity contribution in [3.05, 3.63) is 17.5 Å². The van der Waals surface area contributed by atoms with E-state index in [1.807, 2.05) is 0 Å². The summed E-state index contributed by atoms with van der Waals surface area (Å²) in [6, 6.07) is 0. The number of aromatic nitrogens is 2. The van der Waals surface area contributed by atoms with Crippen LogP contribution in [0.25, 0.3) is 0 Å². The van der Waals surface area contributed by atoms with Crippen molar-refractivity contribution in [2.75, 3.05) is 44.9 Å². The second-order valence-electron chi connectivity index (χ2n) is 4.37. The molecule has 1 aliphatic heterocycles. The van der Waals surface area contributed by atoms with E-state index in [1.165, 1.54) is 0 Å². The molecule has 1 unspecified atom stereocenters. The van der Waals surface area contributed by atoms with Crippen LogP contribution in [0, 0.1) is 5.92 Å². The van der Waals surface area contributed by atoms with Crippen molar-refractivity contribution >= 4 is 17.4 Å². The Balaban J connectivity index is 1.78. The van der Waals surface area contributed by atoms with Crippen molar-refractivity contribution in [3.8, 4) is 0 Å². The summed E-state index contributed by atoms with van der Waals surface area (Å²) in [6.07, 6.45) is 4.41. The van der Waals surface area contributed by atoms with Crippen LogP contribution in [0.4, 0.5) is 5.82 Å². The minimum Gasteiger partial charge on any atom is -0.382 e. The van der Waals surface area contributed by atoms with Gasteiger partial charge in [0.25, 0.3) is 0 Å². The van der Waals surface area contributed by atoms with Crippen LogP contribution in [0.2, 0.25) is 5.15 Å². The molecule has 2 rings (SSSR count). The maximum Gasteiger partial charge on any atom is 0.149 e. The Morgan fingerprint density at radius 1 is 1.44 bits per heavy atom. The van der Waals surface area contributed by atoms with E-state index in [9.17, 15) is 0 Å². The summed E-state index contributed by atoms with van der Waals surface area (Å²) in [7, 11) is 1.68. The first kappa shape index (κ1) is 13.5. The van der Waals surface area contributed by atoms with Gasteiger partial charge in [-0.15, -0.1) is 0 Å². The molecule has 0 aliphatic carbocycles. The van der Waals surface area contributed by atoms with Crippen molar-refractivity contribution in [1.29, 1.82) is 0 Å². The van der Waals surface area contributed by atoms with Gasteiger partial charge in [0.15, 0.2) is 0 Å². The predicted molar refractivity (Wildman–Crippen MR) is 70.1 cm³/mol. The van der Waals surface area contributed by atoms with Gasteiger partial charge in [-0.2, -0.15) is 0 Å². The van der Waals surface area contributed by atoms with Gasteiger partial charge in [-0.05, 0) is 6.42 Å². The Hall–Kier alpha value is -0.910. The quantitative estimate of drug-likeness (QED) is 0.736. The molecule has 0 amide bonds. The maximum atomic E-state index is 5.84. The molecule has 1 atom stereocenters. The fourth-order valence-corrected chi connectivity index (χ4v) is 2.20. The summed E-state index contributed by atoms with van der Waals surface area (Å²) in [5, 5.41) is 0.437. The van der Waals surface area contributed by atoms with E-state index in [0.717, 1.165) is 31.9 Å². The number of hydrogen-bond donors (Lipinski definition) is 0. The number of nitrogens with zero attached hydrogens (tertiary/aromatic N) is 3. The largest absolute Gasteiger partial charge is 0.382 e. The molecule has 1 aliphatic rings. The van der Waals surface area contributed by atoms with Crippen LogP contribution in [0.5, 0.6) is 0 Å². The number of hydrogen-bond acceptors (Lipinski definition) is 5. The first-order valence-corrected chi connectivity index (χ1v) is 6.46. The Kier molecular flexibility index (Phi) is 5.16. The van der Waals surface area contributed by atoms with E-state index in [-0.39, 0.29) is 0 Å². The van der Waals surface area contributed by atoms with Gasteiger partial charge < -0.3 is 14.4 Å². The van der Waals surface area contributed by atoms with Crippen molar-refractivity contribution < 1.29 is 9.47 Å². The summed E-state index contributed by atoms with van der Waals surface area (Å²) in [5.74, 6) is 1.39. The lowest BCUT2D eigenvalue weighted by molar-refractivity contribution is 0.0549. The van der Waals surface area contributed by atoms with Crippen molar-refractivity contribution in [2.45, 2.75) is 6.42 Å². The molecule has 5 nitrogen and oxygen atoms in total.